The number of hydrogen-bond donors (Lipinski definition) is 0. The zero-order valence-electron chi connectivity index (χ0n) is 12.6. The summed E-state index contributed by atoms with van der Waals surface area (Å²) in [7, 11) is -3.62. The van der Waals surface area contributed by atoms with Crippen molar-refractivity contribution >= 4 is 55.2 Å². The fourth-order valence-electron chi connectivity index (χ4n) is 2.39. The summed E-state index contributed by atoms with van der Waals surface area (Å²) >= 11 is 7.60. The normalized spacial score (nSPS) is 16.1. The predicted octanol–water partition coefficient (Wildman–Crippen LogP) is 2.52. The molecule has 0 saturated carbocycles. The van der Waals surface area contributed by atoms with E-state index in [4.69, 9.17) is 11.6 Å². The molecule has 0 spiro atoms. The number of rotatable bonds is 4. The molecule has 2 aromatic heterocycles. The lowest BCUT2D eigenvalue weighted by atomic mass is 10.3. The number of sulfonamides is 1. The summed E-state index contributed by atoms with van der Waals surface area (Å²) in [6.45, 7) is 0.778. The number of hydrogen-bond acceptors (Lipinski definition) is 7. The maximum Gasteiger partial charge on any atom is 0.324 e. The summed E-state index contributed by atoms with van der Waals surface area (Å²) < 4.78 is 26.9. The standard InChI is InChI=1S/C13H12ClN3O5S3/c14-10-2-4-12(24-10)25(21,22)16-7-5-15(6-8-16)13(18)9-1-3-11(23-9)17(19)20/h1-4H,5-8H2. The molecule has 0 aromatic carbocycles. The van der Waals surface area contributed by atoms with E-state index in [-0.39, 0.29) is 46.2 Å². The van der Waals surface area contributed by atoms with E-state index >= 15 is 0 Å². The van der Waals surface area contributed by atoms with E-state index < -0.39 is 14.9 Å². The molecule has 3 rings (SSSR count). The molecule has 1 amide bonds. The van der Waals surface area contributed by atoms with Gasteiger partial charge in [-0.25, -0.2) is 8.42 Å². The van der Waals surface area contributed by atoms with Gasteiger partial charge in [0.05, 0.1) is 14.1 Å². The zero-order chi connectivity index (χ0) is 18.2. The van der Waals surface area contributed by atoms with Crippen LogP contribution in [0.1, 0.15) is 9.67 Å². The Morgan fingerprint density at radius 2 is 1.80 bits per heavy atom. The number of thiophene rings is 2. The first-order valence-corrected chi connectivity index (χ1v) is 10.5. The average Bonchev–Trinajstić information content (AvgIpc) is 3.23. The van der Waals surface area contributed by atoms with Crippen LogP contribution in [0.25, 0.3) is 0 Å². The van der Waals surface area contributed by atoms with Crippen molar-refractivity contribution in [3.05, 3.63) is 43.6 Å². The number of carbonyl (C=O) groups excluding carboxylic acids is 1. The van der Waals surface area contributed by atoms with E-state index in [9.17, 15) is 23.3 Å². The summed E-state index contributed by atoms with van der Waals surface area (Å²) in [4.78, 5) is 24.3. The van der Waals surface area contributed by atoms with Crippen molar-refractivity contribution in [2.45, 2.75) is 4.21 Å². The maximum atomic E-state index is 12.5. The lowest BCUT2D eigenvalue weighted by molar-refractivity contribution is -0.380. The number of halogens is 1. The first-order valence-electron chi connectivity index (χ1n) is 7.08. The van der Waals surface area contributed by atoms with Crippen molar-refractivity contribution in [3.8, 4) is 0 Å². The summed E-state index contributed by atoms with van der Waals surface area (Å²) in [5.74, 6) is -0.325. The highest BCUT2D eigenvalue weighted by Crippen LogP contribution is 2.29. The molecule has 2 aromatic rings. The quantitative estimate of drug-likeness (QED) is 0.557. The van der Waals surface area contributed by atoms with Crippen molar-refractivity contribution < 1.29 is 18.1 Å². The second-order valence-corrected chi connectivity index (χ2v) is 10.1. The van der Waals surface area contributed by atoms with E-state index in [2.05, 4.69) is 0 Å². The number of carbonyl (C=O) groups is 1. The first kappa shape index (κ1) is 18.3. The molecule has 3 heterocycles. The van der Waals surface area contributed by atoms with Gasteiger partial charge in [-0.2, -0.15) is 4.31 Å². The number of nitrogens with zero attached hydrogens (tertiary/aromatic N) is 3. The highest BCUT2D eigenvalue weighted by Gasteiger charge is 2.32. The summed E-state index contributed by atoms with van der Waals surface area (Å²) in [6.07, 6.45) is 0. The SMILES string of the molecule is O=C(c1ccc([N+](=O)[O-])s1)N1CCN(S(=O)(=O)c2ccc(Cl)s2)CC1. The second-order valence-electron chi connectivity index (χ2n) is 5.15. The van der Waals surface area contributed by atoms with Crippen LogP contribution in [0, 0.1) is 10.1 Å². The maximum absolute atomic E-state index is 12.5. The smallest absolute Gasteiger partial charge is 0.324 e. The summed E-state index contributed by atoms with van der Waals surface area (Å²) in [6, 6.07) is 5.70. The van der Waals surface area contributed by atoms with Crippen molar-refractivity contribution in [3.63, 3.8) is 0 Å². The fourth-order valence-corrected chi connectivity index (χ4v) is 6.24. The van der Waals surface area contributed by atoms with E-state index in [1.165, 1.54) is 33.5 Å². The third-order valence-electron chi connectivity index (χ3n) is 3.65. The van der Waals surface area contributed by atoms with Crippen LogP contribution in [0.4, 0.5) is 5.00 Å². The summed E-state index contributed by atoms with van der Waals surface area (Å²) in [5.41, 5.74) is 0. The van der Waals surface area contributed by atoms with E-state index in [0.29, 0.717) is 4.34 Å². The largest absolute Gasteiger partial charge is 0.335 e. The molecule has 0 aliphatic carbocycles. The second kappa shape index (κ2) is 7.00. The van der Waals surface area contributed by atoms with Crippen molar-refractivity contribution in [1.82, 2.24) is 9.21 Å². The Morgan fingerprint density at radius 3 is 2.32 bits per heavy atom. The van der Waals surface area contributed by atoms with Crippen LogP contribution in [0.2, 0.25) is 4.34 Å². The first-order chi connectivity index (χ1) is 11.8. The van der Waals surface area contributed by atoms with Gasteiger partial charge in [-0.05, 0) is 18.2 Å². The van der Waals surface area contributed by atoms with Crippen molar-refractivity contribution in [2.24, 2.45) is 0 Å². The van der Waals surface area contributed by atoms with Crippen LogP contribution < -0.4 is 0 Å². The Bertz CT molecular complexity index is 915. The van der Waals surface area contributed by atoms with Crippen LogP contribution in [-0.2, 0) is 10.0 Å². The van der Waals surface area contributed by atoms with Crippen LogP contribution in [0.5, 0.6) is 0 Å². The van der Waals surface area contributed by atoms with Gasteiger partial charge in [-0.3, -0.25) is 14.9 Å². The molecule has 1 fully saturated rings. The molecule has 8 nitrogen and oxygen atoms in total. The Kier molecular flexibility index (Phi) is 5.11. The van der Waals surface area contributed by atoms with Gasteiger partial charge in [0.2, 0.25) is 0 Å². The minimum Gasteiger partial charge on any atom is -0.335 e. The Hall–Kier alpha value is -1.53. The topological polar surface area (TPSA) is 101 Å². The minimum absolute atomic E-state index is 0.0980. The van der Waals surface area contributed by atoms with E-state index in [0.717, 1.165) is 22.7 Å². The van der Waals surface area contributed by atoms with Gasteiger partial charge in [0, 0.05) is 32.2 Å². The van der Waals surface area contributed by atoms with Gasteiger partial charge in [0.15, 0.2) is 0 Å². The molecule has 0 radical (unpaired) electrons. The molecule has 1 saturated heterocycles. The van der Waals surface area contributed by atoms with Gasteiger partial charge >= 0.3 is 5.00 Å². The molecule has 25 heavy (non-hydrogen) atoms. The lowest BCUT2D eigenvalue weighted by Gasteiger charge is -2.33. The Labute approximate surface area is 156 Å². The zero-order valence-corrected chi connectivity index (χ0v) is 15.8. The molecular weight excluding hydrogens is 410 g/mol. The van der Waals surface area contributed by atoms with Crippen molar-refractivity contribution in [1.29, 1.82) is 0 Å². The molecule has 1 aliphatic heterocycles. The number of nitro groups is 1. The van der Waals surface area contributed by atoms with Gasteiger partial charge in [0.25, 0.3) is 15.9 Å². The molecular formula is C13H12ClN3O5S3. The van der Waals surface area contributed by atoms with Gasteiger partial charge < -0.3 is 4.90 Å². The summed E-state index contributed by atoms with van der Waals surface area (Å²) in [5, 5.41) is 10.6. The molecule has 0 bridgehead atoms. The third-order valence-corrected chi connectivity index (χ3v) is 8.27. The minimum atomic E-state index is -3.62. The fraction of sp³-hybridized carbons (Fsp3) is 0.308. The lowest BCUT2D eigenvalue weighted by Crippen LogP contribution is -2.50. The molecule has 0 N–H and O–H groups in total. The van der Waals surface area contributed by atoms with Crippen LogP contribution in [0.3, 0.4) is 0 Å². The van der Waals surface area contributed by atoms with E-state index in [1.807, 2.05) is 0 Å². The van der Waals surface area contributed by atoms with E-state index in [1.54, 1.807) is 0 Å². The van der Waals surface area contributed by atoms with Gasteiger partial charge in [-0.1, -0.05) is 22.9 Å². The number of amides is 1. The predicted molar refractivity (Wildman–Crippen MR) is 95.0 cm³/mol. The monoisotopic (exact) mass is 421 g/mol. The molecule has 134 valence electrons. The average molecular weight is 422 g/mol. The van der Waals surface area contributed by atoms with Gasteiger partial charge in [0.1, 0.15) is 4.21 Å². The Morgan fingerprint density at radius 1 is 1.12 bits per heavy atom. The highest BCUT2D eigenvalue weighted by molar-refractivity contribution is 7.91. The van der Waals surface area contributed by atoms with Crippen LogP contribution >= 0.6 is 34.3 Å². The van der Waals surface area contributed by atoms with Gasteiger partial charge in [-0.15, -0.1) is 11.3 Å². The number of piperazine rings is 1. The van der Waals surface area contributed by atoms with Crippen LogP contribution in [0.15, 0.2) is 28.5 Å². The molecule has 0 atom stereocenters. The van der Waals surface area contributed by atoms with Crippen LogP contribution in [-0.4, -0.2) is 54.6 Å². The van der Waals surface area contributed by atoms with Crippen molar-refractivity contribution in [2.75, 3.05) is 26.2 Å². The molecule has 0 unspecified atom stereocenters. The third kappa shape index (κ3) is 3.70. The molecule has 12 heteroatoms. The highest BCUT2D eigenvalue weighted by atomic mass is 35.5. The Balaban J connectivity index is 1.67. The molecule has 1 aliphatic rings.